The molecule has 2 aliphatic rings. The van der Waals surface area contributed by atoms with Crippen molar-refractivity contribution in [2.75, 3.05) is 31.1 Å². The van der Waals surface area contributed by atoms with Gasteiger partial charge in [0, 0.05) is 17.3 Å². The van der Waals surface area contributed by atoms with E-state index >= 15 is 0 Å². The molecule has 1 aromatic carbocycles. The molecule has 5 nitrogen and oxygen atoms in total. The van der Waals surface area contributed by atoms with E-state index in [2.05, 4.69) is 10.2 Å². The predicted octanol–water partition coefficient (Wildman–Crippen LogP) is 0.261. The first-order chi connectivity index (χ1) is 11.0. The van der Waals surface area contributed by atoms with Crippen LogP contribution in [0, 0.1) is 0 Å². The van der Waals surface area contributed by atoms with Gasteiger partial charge in [-0.2, -0.15) is 0 Å². The topological polar surface area (TPSA) is 53.9 Å². The number of quaternary nitrogens is 1. The first-order valence-electron chi connectivity index (χ1n) is 8.55. The fourth-order valence-electron chi connectivity index (χ4n) is 3.13. The number of Topliss-reactive ketones (excluding diaryl/α,β-unsaturated/α-hetero) is 1. The zero-order chi connectivity index (χ0) is 16.4. The molecule has 0 bridgehead atoms. The summed E-state index contributed by atoms with van der Waals surface area (Å²) in [7, 11) is 0. The van der Waals surface area contributed by atoms with Crippen molar-refractivity contribution in [1.29, 1.82) is 0 Å². The fourth-order valence-corrected chi connectivity index (χ4v) is 3.13. The summed E-state index contributed by atoms with van der Waals surface area (Å²) in [5.41, 5.74) is 1.91. The largest absolute Gasteiger partial charge is 0.360 e. The van der Waals surface area contributed by atoms with E-state index in [0.29, 0.717) is 6.04 Å². The first kappa shape index (κ1) is 16.0. The lowest BCUT2D eigenvalue weighted by Crippen LogP contribution is -3.19. The van der Waals surface area contributed by atoms with Gasteiger partial charge in [-0.1, -0.05) is 0 Å². The van der Waals surface area contributed by atoms with Gasteiger partial charge in [0.2, 0.25) is 0 Å². The maximum Gasteiger partial charge on any atom is 0.278 e. The number of nitrogens with one attached hydrogen (secondary N) is 2. The third-order valence-electron chi connectivity index (χ3n) is 4.97. The van der Waals surface area contributed by atoms with E-state index < -0.39 is 0 Å². The van der Waals surface area contributed by atoms with Crippen LogP contribution in [0.2, 0.25) is 0 Å². The van der Waals surface area contributed by atoms with E-state index in [-0.39, 0.29) is 17.7 Å². The van der Waals surface area contributed by atoms with Crippen LogP contribution in [-0.2, 0) is 4.79 Å². The number of amides is 1. The average Bonchev–Trinajstić information content (AvgIpc) is 3.38. The van der Waals surface area contributed by atoms with Gasteiger partial charge in [-0.3, -0.25) is 9.59 Å². The van der Waals surface area contributed by atoms with Crippen LogP contribution in [0.1, 0.15) is 37.0 Å². The monoisotopic (exact) mass is 316 g/mol. The van der Waals surface area contributed by atoms with Gasteiger partial charge in [-0.05, 0) is 51.0 Å². The van der Waals surface area contributed by atoms with Gasteiger partial charge in [-0.25, -0.2) is 0 Å². The molecular weight excluding hydrogens is 290 g/mol. The molecule has 1 atom stereocenters. The summed E-state index contributed by atoms with van der Waals surface area (Å²) in [4.78, 5) is 27.2. The molecule has 2 N–H and O–H groups in total. The van der Waals surface area contributed by atoms with Crippen LogP contribution in [-0.4, -0.2) is 50.0 Å². The van der Waals surface area contributed by atoms with Gasteiger partial charge < -0.3 is 15.1 Å². The molecule has 5 heteroatoms. The Morgan fingerprint density at radius 1 is 1.17 bits per heavy atom. The van der Waals surface area contributed by atoms with Crippen LogP contribution in [0.25, 0.3) is 0 Å². The highest BCUT2D eigenvalue weighted by Crippen LogP contribution is 2.18. The lowest BCUT2D eigenvalue weighted by Gasteiger charge is -2.36. The van der Waals surface area contributed by atoms with Gasteiger partial charge in [0.1, 0.15) is 0 Å². The number of hydrogen-bond acceptors (Lipinski definition) is 3. The Balaban J connectivity index is 1.53. The van der Waals surface area contributed by atoms with Crippen LogP contribution in [0.3, 0.4) is 0 Å². The zero-order valence-electron chi connectivity index (χ0n) is 14.0. The van der Waals surface area contributed by atoms with Gasteiger partial charge in [0.15, 0.2) is 11.8 Å². The Morgan fingerprint density at radius 3 is 2.30 bits per heavy atom. The molecule has 1 aromatic rings. The van der Waals surface area contributed by atoms with Crippen molar-refractivity contribution >= 4 is 17.4 Å². The van der Waals surface area contributed by atoms with Gasteiger partial charge >= 0.3 is 0 Å². The summed E-state index contributed by atoms with van der Waals surface area (Å²) in [6.45, 7) is 7.43. The lowest BCUT2D eigenvalue weighted by molar-refractivity contribution is -0.914. The Kier molecular flexibility index (Phi) is 4.66. The minimum absolute atomic E-state index is 0.0258. The van der Waals surface area contributed by atoms with Gasteiger partial charge in [0.05, 0.1) is 26.2 Å². The molecule has 1 amide bonds. The number of carbonyl (C=O) groups excluding carboxylic acids is 2. The van der Waals surface area contributed by atoms with Crippen molar-refractivity contribution < 1.29 is 14.5 Å². The minimum atomic E-state index is 0.0258. The highest BCUT2D eigenvalue weighted by Gasteiger charge is 2.32. The number of anilines is 1. The van der Waals surface area contributed by atoms with Crippen LogP contribution in [0.15, 0.2) is 24.3 Å². The molecular formula is C18H26N3O2+. The number of benzene rings is 1. The lowest BCUT2D eigenvalue weighted by atomic mass is 10.1. The summed E-state index contributed by atoms with van der Waals surface area (Å²) in [5.74, 6) is 0.295. The maximum atomic E-state index is 12.2. The standard InChI is InChI=1S/C18H25N3O2/c1-13(18(23)19-16-5-6-16)20-9-11-21(12-10-20)17-7-3-15(4-8-17)14(2)22/h3-4,7-8,13,16H,5-6,9-12H2,1-2H3,(H,19,23)/p+1/t13-/m1/s1. The van der Waals surface area contributed by atoms with Gasteiger partial charge in [-0.15, -0.1) is 0 Å². The highest BCUT2D eigenvalue weighted by atomic mass is 16.2. The number of carbonyl (C=O) groups is 2. The third kappa shape index (κ3) is 3.91. The van der Waals surface area contributed by atoms with E-state index in [1.165, 1.54) is 4.90 Å². The van der Waals surface area contributed by atoms with E-state index in [9.17, 15) is 9.59 Å². The van der Waals surface area contributed by atoms with E-state index in [0.717, 1.165) is 50.3 Å². The summed E-state index contributed by atoms with van der Waals surface area (Å²) >= 11 is 0. The van der Waals surface area contributed by atoms with E-state index in [4.69, 9.17) is 0 Å². The highest BCUT2D eigenvalue weighted by molar-refractivity contribution is 5.94. The smallest absolute Gasteiger partial charge is 0.278 e. The second kappa shape index (κ2) is 6.71. The molecule has 0 aromatic heterocycles. The second-order valence-electron chi connectivity index (χ2n) is 6.75. The van der Waals surface area contributed by atoms with Crippen molar-refractivity contribution in [3.8, 4) is 0 Å². The summed E-state index contributed by atoms with van der Waals surface area (Å²) < 4.78 is 0. The summed E-state index contributed by atoms with van der Waals surface area (Å²) in [6, 6.07) is 8.28. The average molecular weight is 316 g/mol. The molecule has 124 valence electrons. The normalized spacial score (nSPS) is 20.2. The van der Waals surface area contributed by atoms with Crippen LogP contribution in [0.5, 0.6) is 0 Å². The van der Waals surface area contributed by atoms with Crippen molar-refractivity contribution in [1.82, 2.24) is 5.32 Å². The number of nitrogens with zero attached hydrogens (tertiary/aromatic N) is 1. The van der Waals surface area contributed by atoms with Crippen LogP contribution >= 0.6 is 0 Å². The minimum Gasteiger partial charge on any atom is -0.360 e. The Morgan fingerprint density at radius 2 is 1.78 bits per heavy atom. The second-order valence-corrected chi connectivity index (χ2v) is 6.75. The number of rotatable bonds is 5. The number of piperazine rings is 1. The third-order valence-corrected chi connectivity index (χ3v) is 4.97. The molecule has 23 heavy (non-hydrogen) atoms. The zero-order valence-corrected chi connectivity index (χ0v) is 14.0. The van der Waals surface area contributed by atoms with Crippen molar-refractivity contribution in [3.63, 3.8) is 0 Å². The van der Waals surface area contributed by atoms with Crippen molar-refractivity contribution in [2.45, 2.75) is 38.8 Å². The van der Waals surface area contributed by atoms with Crippen molar-refractivity contribution in [3.05, 3.63) is 29.8 Å². The SMILES string of the molecule is CC(=O)c1ccc(N2CC[NH+]([C@H](C)C(=O)NC3CC3)CC2)cc1. The Hall–Kier alpha value is -1.88. The maximum absolute atomic E-state index is 12.2. The quantitative estimate of drug-likeness (QED) is 0.766. The molecule has 1 heterocycles. The first-order valence-corrected chi connectivity index (χ1v) is 8.55. The van der Waals surface area contributed by atoms with E-state index in [1.807, 2.05) is 31.2 Å². The fraction of sp³-hybridized carbons (Fsp3) is 0.556. The molecule has 3 rings (SSSR count). The molecule has 1 saturated heterocycles. The molecule has 0 spiro atoms. The summed E-state index contributed by atoms with van der Waals surface area (Å²) in [6.07, 6.45) is 2.27. The number of ketones is 1. The molecule has 0 radical (unpaired) electrons. The summed E-state index contributed by atoms with van der Waals surface area (Å²) in [5, 5.41) is 3.11. The van der Waals surface area contributed by atoms with E-state index in [1.54, 1.807) is 6.92 Å². The van der Waals surface area contributed by atoms with Gasteiger partial charge in [0.25, 0.3) is 5.91 Å². The molecule has 1 saturated carbocycles. The van der Waals surface area contributed by atoms with Crippen LogP contribution in [0.4, 0.5) is 5.69 Å². The molecule has 0 unspecified atom stereocenters. The number of hydrogen-bond donors (Lipinski definition) is 2. The van der Waals surface area contributed by atoms with Crippen LogP contribution < -0.4 is 15.1 Å². The van der Waals surface area contributed by atoms with Crippen molar-refractivity contribution in [2.24, 2.45) is 0 Å². The molecule has 1 aliphatic carbocycles. The molecule has 2 fully saturated rings. The Labute approximate surface area is 137 Å². The predicted molar refractivity (Wildman–Crippen MR) is 90.0 cm³/mol. The molecule has 1 aliphatic heterocycles. The Bertz CT molecular complexity index is 572.